The molecule has 0 atom stereocenters. The number of hydrogen-bond acceptors (Lipinski definition) is 2. The van der Waals surface area contributed by atoms with Gasteiger partial charge in [-0.1, -0.05) is 49.2 Å². The van der Waals surface area contributed by atoms with Crippen LogP contribution >= 0.6 is 11.6 Å². The van der Waals surface area contributed by atoms with Gasteiger partial charge in [-0.15, -0.1) is 0 Å². The molecule has 0 aliphatic heterocycles. The van der Waals surface area contributed by atoms with Crippen molar-refractivity contribution in [3.05, 3.63) is 59.1 Å². The van der Waals surface area contributed by atoms with Gasteiger partial charge in [0.1, 0.15) is 0 Å². The Kier molecular flexibility index (Phi) is 5.45. The van der Waals surface area contributed by atoms with Crippen molar-refractivity contribution >= 4 is 23.0 Å². The molecule has 1 N–H and O–H groups in total. The Balaban J connectivity index is 2.44. The third kappa shape index (κ3) is 3.33. The predicted octanol–water partition coefficient (Wildman–Crippen LogP) is 4.77. The van der Waals surface area contributed by atoms with Gasteiger partial charge < -0.3 is 10.0 Å². The van der Waals surface area contributed by atoms with Crippen molar-refractivity contribution in [2.24, 2.45) is 0 Å². The quantitative estimate of drug-likeness (QED) is 0.828. The zero-order valence-electron chi connectivity index (χ0n) is 11.7. The zero-order valence-corrected chi connectivity index (χ0v) is 12.5. The molecule has 2 rings (SSSR count). The van der Waals surface area contributed by atoms with E-state index in [-0.39, 0.29) is 6.61 Å². The third-order valence-electron chi connectivity index (χ3n) is 3.35. The normalized spacial score (nSPS) is 10.6. The average molecular weight is 290 g/mol. The fraction of sp³-hybridized carbons (Fsp3) is 0.294. The molecule has 0 radical (unpaired) electrons. The summed E-state index contributed by atoms with van der Waals surface area (Å²) in [4.78, 5) is 2.22. The molecule has 0 saturated heterocycles. The molecule has 0 aliphatic carbocycles. The lowest BCUT2D eigenvalue weighted by Crippen LogP contribution is -2.20. The van der Waals surface area contributed by atoms with E-state index >= 15 is 0 Å². The topological polar surface area (TPSA) is 23.5 Å². The summed E-state index contributed by atoms with van der Waals surface area (Å²) in [5.41, 5.74) is 2.90. The fourth-order valence-electron chi connectivity index (χ4n) is 2.27. The van der Waals surface area contributed by atoms with Gasteiger partial charge >= 0.3 is 0 Å². The lowest BCUT2D eigenvalue weighted by atomic mass is 10.1. The summed E-state index contributed by atoms with van der Waals surface area (Å²) in [5.74, 6) is 0. The second-order valence-electron chi connectivity index (χ2n) is 4.74. The van der Waals surface area contributed by atoms with Crippen molar-refractivity contribution in [2.75, 3.05) is 11.4 Å². The molecule has 0 spiro atoms. The van der Waals surface area contributed by atoms with Gasteiger partial charge in [0.05, 0.1) is 6.61 Å². The molecule has 20 heavy (non-hydrogen) atoms. The second-order valence-corrected chi connectivity index (χ2v) is 5.14. The highest BCUT2D eigenvalue weighted by atomic mass is 35.5. The van der Waals surface area contributed by atoms with Crippen molar-refractivity contribution in [1.82, 2.24) is 0 Å². The van der Waals surface area contributed by atoms with Crippen molar-refractivity contribution in [3.63, 3.8) is 0 Å². The number of rotatable bonds is 6. The van der Waals surface area contributed by atoms with Crippen LogP contribution < -0.4 is 4.90 Å². The van der Waals surface area contributed by atoms with Crippen LogP contribution in [0.25, 0.3) is 0 Å². The summed E-state index contributed by atoms with van der Waals surface area (Å²) >= 11 is 6.21. The van der Waals surface area contributed by atoms with Gasteiger partial charge in [0.25, 0.3) is 0 Å². The largest absolute Gasteiger partial charge is 0.392 e. The average Bonchev–Trinajstić information content (AvgIpc) is 2.49. The fourth-order valence-corrected chi connectivity index (χ4v) is 2.50. The molecule has 0 fully saturated rings. The number of benzene rings is 2. The summed E-state index contributed by atoms with van der Waals surface area (Å²) in [6.07, 6.45) is 2.21. The van der Waals surface area contributed by atoms with E-state index in [1.54, 1.807) is 0 Å². The number of anilines is 2. The summed E-state index contributed by atoms with van der Waals surface area (Å²) in [5, 5.41) is 10.2. The van der Waals surface area contributed by atoms with E-state index in [2.05, 4.69) is 24.0 Å². The molecule has 0 bridgehead atoms. The van der Waals surface area contributed by atoms with E-state index in [9.17, 15) is 5.11 Å². The predicted molar refractivity (Wildman–Crippen MR) is 85.7 cm³/mol. The van der Waals surface area contributed by atoms with Crippen LogP contribution in [0.1, 0.15) is 25.3 Å². The molecular formula is C17H20ClNO. The van der Waals surface area contributed by atoms with Gasteiger partial charge in [-0.2, -0.15) is 0 Å². The summed E-state index contributed by atoms with van der Waals surface area (Å²) in [7, 11) is 0. The monoisotopic (exact) mass is 289 g/mol. The van der Waals surface area contributed by atoms with Gasteiger partial charge in [0, 0.05) is 28.5 Å². The SMILES string of the molecule is CCCCN(c1ccccc1)c1cccc(Cl)c1CO. The van der Waals surface area contributed by atoms with Gasteiger partial charge in [0.2, 0.25) is 0 Å². The molecule has 0 aromatic heterocycles. The number of halogens is 1. The molecule has 0 amide bonds. The molecular weight excluding hydrogens is 270 g/mol. The zero-order chi connectivity index (χ0) is 14.4. The maximum absolute atomic E-state index is 9.61. The summed E-state index contributed by atoms with van der Waals surface area (Å²) in [6.45, 7) is 3.03. The second kappa shape index (κ2) is 7.32. The molecule has 0 saturated carbocycles. The van der Waals surface area contributed by atoms with Crippen LogP contribution in [0, 0.1) is 0 Å². The van der Waals surface area contributed by atoms with E-state index in [0.717, 1.165) is 36.3 Å². The first-order chi connectivity index (χ1) is 9.77. The van der Waals surface area contributed by atoms with Crippen LogP contribution in [0.2, 0.25) is 5.02 Å². The third-order valence-corrected chi connectivity index (χ3v) is 3.70. The van der Waals surface area contributed by atoms with Crippen LogP contribution in [0.4, 0.5) is 11.4 Å². The molecule has 0 unspecified atom stereocenters. The van der Waals surface area contributed by atoms with Crippen LogP contribution in [0.5, 0.6) is 0 Å². The molecule has 0 aliphatic rings. The van der Waals surface area contributed by atoms with Crippen molar-refractivity contribution in [2.45, 2.75) is 26.4 Å². The molecule has 2 aromatic carbocycles. The maximum Gasteiger partial charge on any atom is 0.0716 e. The van der Waals surface area contributed by atoms with Crippen LogP contribution in [0.15, 0.2) is 48.5 Å². The number of para-hydroxylation sites is 1. The number of nitrogens with zero attached hydrogens (tertiary/aromatic N) is 1. The molecule has 2 aromatic rings. The smallest absolute Gasteiger partial charge is 0.0716 e. The van der Waals surface area contributed by atoms with Gasteiger partial charge in [0.15, 0.2) is 0 Å². The summed E-state index contributed by atoms with van der Waals surface area (Å²) in [6, 6.07) is 16.0. The maximum atomic E-state index is 9.61. The highest BCUT2D eigenvalue weighted by Crippen LogP contribution is 2.32. The Morgan fingerprint density at radius 2 is 1.80 bits per heavy atom. The number of aliphatic hydroxyl groups is 1. The molecule has 106 valence electrons. The standard InChI is InChI=1S/C17H20ClNO/c1-2-3-12-19(14-8-5-4-6-9-14)17-11-7-10-16(18)15(17)13-20/h4-11,20H,2-3,12-13H2,1H3. The Labute approximate surface area is 125 Å². The van der Waals surface area contributed by atoms with E-state index in [4.69, 9.17) is 11.6 Å². The van der Waals surface area contributed by atoms with Crippen LogP contribution in [-0.4, -0.2) is 11.7 Å². The minimum atomic E-state index is -0.0511. The van der Waals surface area contributed by atoms with Crippen LogP contribution in [-0.2, 0) is 6.61 Å². The van der Waals surface area contributed by atoms with E-state index in [0.29, 0.717) is 5.02 Å². The highest BCUT2D eigenvalue weighted by Gasteiger charge is 2.14. The summed E-state index contributed by atoms with van der Waals surface area (Å²) < 4.78 is 0. The minimum Gasteiger partial charge on any atom is -0.392 e. The first kappa shape index (κ1) is 14.9. The Hall–Kier alpha value is -1.51. The van der Waals surface area contributed by atoms with Crippen molar-refractivity contribution in [3.8, 4) is 0 Å². The van der Waals surface area contributed by atoms with E-state index in [1.807, 2.05) is 36.4 Å². The van der Waals surface area contributed by atoms with E-state index < -0.39 is 0 Å². The van der Waals surface area contributed by atoms with Gasteiger partial charge in [-0.3, -0.25) is 0 Å². The first-order valence-corrected chi connectivity index (χ1v) is 7.36. The molecule has 0 heterocycles. The van der Waals surface area contributed by atoms with Crippen molar-refractivity contribution < 1.29 is 5.11 Å². The molecule has 3 heteroatoms. The first-order valence-electron chi connectivity index (χ1n) is 6.98. The Bertz CT molecular complexity index is 542. The Morgan fingerprint density at radius 3 is 2.45 bits per heavy atom. The van der Waals surface area contributed by atoms with E-state index in [1.165, 1.54) is 0 Å². The van der Waals surface area contributed by atoms with Crippen LogP contribution in [0.3, 0.4) is 0 Å². The lowest BCUT2D eigenvalue weighted by Gasteiger charge is -2.27. The highest BCUT2D eigenvalue weighted by molar-refractivity contribution is 6.31. The minimum absolute atomic E-state index is 0.0511. The van der Waals surface area contributed by atoms with Crippen molar-refractivity contribution in [1.29, 1.82) is 0 Å². The number of hydrogen-bond donors (Lipinski definition) is 1. The Morgan fingerprint density at radius 1 is 1.05 bits per heavy atom. The number of unbranched alkanes of at least 4 members (excludes halogenated alkanes) is 1. The lowest BCUT2D eigenvalue weighted by molar-refractivity contribution is 0.282. The number of aliphatic hydroxyl groups excluding tert-OH is 1. The van der Waals surface area contributed by atoms with Gasteiger partial charge in [-0.05, 0) is 30.7 Å². The molecule has 2 nitrogen and oxygen atoms in total. The van der Waals surface area contributed by atoms with Gasteiger partial charge in [-0.25, -0.2) is 0 Å².